The monoisotopic (exact) mass is 350 g/mol. The number of benzene rings is 1. The molecule has 22 heavy (non-hydrogen) atoms. The van der Waals surface area contributed by atoms with E-state index in [9.17, 15) is 18.0 Å². The summed E-state index contributed by atoms with van der Waals surface area (Å²) in [6.45, 7) is 1.79. The second kappa shape index (κ2) is 8.11. The number of halogens is 1. The van der Waals surface area contributed by atoms with Crippen LogP contribution in [-0.4, -0.2) is 40.2 Å². The molecule has 7 nitrogen and oxygen atoms in total. The van der Waals surface area contributed by atoms with E-state index in [-0.39, 0.29) is 41.0 Å². The van der Waals surface area contributed by atoms with Gasteiger partial charge < -0.3 is 15.8 Å². The highest BCUT2D eigenvalue weighted by Gasteiger charge is 2.17. The van der Waals surface area contributed by atoms with Crippen LogP contribution in [0.4, 0.5) is 5.69 Å². The maximum atomic E-state index is 11.8. The lowest BCUT2D eigenvalue weighted by Gasteiger charge is -2.12. The predicted octanol–water partition coefficient (Wildman–Crippen LogP) is 0.832. The number of methoxy groups -OCH3 is 1. The quantitative estimate of drug-likeness (QED) is 0.760. The maximum Gasteiger partial charge on any atom is 0.337 e. The van der Waals surface area contributed by atoms with Crippen molar-refractivity contribution in [1.82, 2.24) is 0 Å². The minimum atomic E-state index is -3.53. The van der Waals surface area contributed by atoms with E-state index >= 15 is 0 Å². The van der Waals surface area contributed by atoms with E-state index in [1.165, 1.54) is 25.3 Å². The Morgan fingerprint density at radius 1 is 1.32 bits per heavy atom. The molecule has 0 saturated carbocycles. The van der Waals surface area contributed by atoms with Gasteiger partial charge in [-0.15, -0.1) is 12.4 Å². The van der Waals surface area contributed by atoms with Gasteiger partial charge in [-0.05, 0) is 18.2 Å². The Labute approximate surface area is 135 Å². The zero-order chi connectivity index (χ0) is 16.2. The number of nitrogens with two attached hydrogens (primary N) is 1. The molecule has 1 aromatic rings. The number of esters is 1. The predicted molar refractivity (Wildman–Crippen MR) is 85.0 cm³/mol. The summed E-state index contributed by atoms with van der Waals surface area (Å²) in [5.41, 5.74) is 5.63. The number of hydrogen-bond donors (Lipinski definition) is 2. The molecule has 0 aromatic heterocycles. The average Bonchev–Trinajstić information content (AvgIpc) is 2.44. The molecule has 0 saturated heterocycles. The van der Waals surface area contributed by atoms with Crippen LogP contribution in [-0.2, 0) is 19.4 Å². The van der Waals surface area contributed by atoms with Crippen LogP contribution >= 0.6 is 12.4 Å². The van der Waals surface area contributed by atoms with Gasteiger partial charge >= 0.3 is 5.97 Å². The van der Waals surface area contributed by atoms with Crippen LogP contribution in [0.5, 0.6) is 0 Å². The summed E-state index contributed by atoms with van der Waals surface area (Å²) in [5.74, 6) is -1.49. The Kier molecular flexibility index (Phi) is 7.51. The summed E-state index contributed by atoms with van der Waals surface area (Å²) in [7, 11) is -2.35. The highest BCUT2D eigenvalue weighted by molar-refractivity contribution is 7.90. The topological polar surface area (TPSA) is 116 Å². The zero-order valence-electron chi connectivity index (χ0n) is 12.5. The van der Waals surface area contributed by atoms with Crippen molar-refractivity contribution < 1.29 is 22.7 Å². The molecule has 0 aliphatic rings. The summed E-state index contributed by atoms with van der Waals surface area (Å²) in [4.78, 5) is 23.3. The highest BCUT2D eigenvalue weighted by atomic mass is 35.5. The molecule has 124 valence electrons. The van der Waals surface area contributed by atoms with Crippen LogP contribution < -0.4 is 11.1 Å². The normalized spacial score (nSPS) is 12.0. The lowest BCUT2D eigenvalue weighted by atomic mass is 10.1. The summed E-state index contributed by atoms with van der Waals surface area (Å²) in [6, 6.07) is 3.83. The van der Waals surface area contributed by atoms with Gasteiger partial charge in [-0.3, -0.25) is 4.79 Å². The van der Waals surface area contributed by atoms with Gasteiger partial charge in [0.25, 0.3) is 0 Å². The maximum absolute atomic E-state index is 11.8. The first-order valence-corrected chi connectivity index (χ1v) is 8.02. The van der Waals surface area contributed by atoms with E-state index in [2.05, 4.69) is 10.1 Å². The van der Waals surface area contributed by atoms with Crippen molar-refractivity contribution in [1.29, 1.82) is 0 Å². The summed E-state index contributed by atoms with van der Waals surface area (Å²) < 4.78 is 27.8. The SMILES string of the molecule is COC(=O)c1cc(NC(=O)C(C)CN)cc(S(C)(=O)=O)c1.Cl. The zero-order valence-corrected chi connectivity index (χ0v) is 14.1. The fourth-order valence-corrected chi connectivity index (χ4v) is 2.18. The second-order valence-electron chi connectivity index (χ2n) is 4.64. The van der Waals surface area contributed by atoms with E-state index in [1.54, 1.807) is 6.92 Å². The lowest BCUT2D eigenvalue weighted by molar-refractivity contribution is -0.119. The number of amides is 1. The van der Waals surface area contributed by atoms with Gasteiger partial charge in [-0.25, -0.2) is 13.2 Å². The van der Waals surface area contributed by atoms with Gasteiger partial charge in [0.1, 0.15) is 0 Å². The van der Waals surface area contributed by atoms with Crippen LogP contribution in [0, 0.1) is 5.92 Å². The third-order valence-electron chi connectivity index (χ3n) is 2.82. The van der Waals surface area contributed by atoms with Crippen molar-refractivity contribution in [2.45, 2.75) is 11.8 Å². The molecule has 1 unspecified atom stereocenters. The number of rotatable bonds is 5. The van der Waals surface area contributed by atoms with E-state index in [0.29, 0.717) is 0 Å². The Morgan fingerprint density at radius 3 is 2.36 bits per heavy atom. The number of sulfone groups is 1. The fourth-order valence-electron chi connectivity index (χ4n) is 1.49. The van der Waals surface area contributed by atoms with E-state index in [0.717, 1.165) is 6.26 Å². The van der Waals surface area contributed by atoms with Gasteiger partial charge in [0.15, 0.2) is 9.84 Å². The minimum Gasteiger partial charge on any atom is -0.465 e. The number of carbonyl (C=O) groups excluding carboxylic acids is 2. The number of carbonyl (C=O) groups is 2. The van der Waals surface area contributed by atoms with Crippen molar-refractivity contribution in [2.75, 3.05) is 25.2 Å². The molecular weight excluding hydrogens is 332 g/mol. The molecule has 1 aromatic carbocycles. The van der Waals surface area contributed by atoms with E-state index in [1.807, 2.05) is 0 Å². The smallest absolute Gasteiger partial charge is 0.337 e. The third kappa shape index (κ3) is 5.28. The molecule has 0 bridgehead atoms. The number of nitrogens with one attached hydrogen (secondary N) is 1. The van der Waals surface area contributed by atoms with Gasteiger partial charge in [0.05, 0.1) is 17.6 Å². The van der Waals surface area contributed by atoms with Crippen LogP contribution in [0.15, 0.2) is 23.1 Å². The number of hydrogen-bond acceptors (Lipinski definition) is 6. The molecule has 0 aliphatic heterocycles. The lowest BCUT2D eigenvalue weighted by Crippen LogP contribution is -2.26. The third-order valence-corrected chi connectivity index (χ3v) is 3.92. The standard InChI is InChI=1S/C13H18N2O5S.ClH/c1-8(7-14)12(16)15-10-4-9(13(17)20-2)5-11(6-10)21(3,18)19;/h4-6,8H,7,14H2,1-3H3,(H,15,16);1H. The van der Waals surface area contributed by atoms with Crippen LogP contribution in [0.2, 0.25) is 0 Å². The largest absolute Gasteiger partial charge is 0.465 e. The Morgan fingerprint density at radius 2 is 1.91 bits per heavy atom. The Balaban J connectivity index is 0.00000441. The fraction of sp³-hybridized carbons (Fsp3) is 0.385. The molecule has 0 radical (unpaired) electrons. The van der Waals surface area contributed by atoms with Crippen molar-refractivity contribution in [3.05, 3.63) is 23.8 Å². The van der Waals surface area contributed by atoms with Crippen molar-refractivity contribution >= 4 is 39.8 Å². The van der Waals surface area contributed by atoms with Crippen LogP contribution in [0.1, 0.15) is 17.3 Å². The molecule has 3 N–H and O–H groups in total. The molecule has 0 fully saturated rings. The van der Waals surface area contributed by atoms with Gasteiger partial charge in [0.2, 0.25) is 5.91 Å². The van der Waals surface area contributed by atoms with Gasteiger partial charge in [-0.1, -0.05) is 6.92 Å². The second-order valence-corrected chi connectivity index (χ2v) is 6.65. The van der Waals surface area contributed by atoms with Crippen LogP contribution in [0.25, 0.3) is 0 Å². The van der Waals surface area contributed by atoms with Crippen molar-refractivity contribution in [3.63, 3.8) is 0 Å². The van der Waals surface area contributed by atoms with Crippen molar-refractivity contribution in [2.24, 2.45) is 11.7 Å². The number of anilines is 1. The summed E-state index contributed by atoms with van der Waals surface area (Å²) >= 11 is 0. The average molecular weight is 351 g/mol. The molecule has 1 atom stereocenters. The first kappa shape index (κ1) is 20.4. The molecule has 9 heteroatoms. The molecule has 0 spiro atoms. The van der Waals surface area contributed by atoms with Crippen LogP contribution in [0.3, 0.4) is 0 Å². The van der Waals surface area contributed by atoms with Crippen molar-refractivity contribution in [3.8, 4) is 0 Å². The van der Waals surface area contributed by atoms with E-state index < -0.39 is 21.7 Å². The Bertz CT molecular complexity index is 660. The highest BCUT2D eigenvalue weighted by Crippen LogP contribution is 2.20. The minimum absolute atomic E-state index is 0. The first-order chi connectivity index (χ1) is 9.68. The Hall–Kier alpha value is -1.64. The van der Waals surface area contributed by atoms with E-state index in [4.69, 9.17) is 5.73 Å². The molecule has 1 rings (SSSR count). The summed E-state index contributed by atoms with van der Waals surface area (Å²) in [5, 5.41) is 2.53. The molecule has 1 amide bonds. The molecule has 0 aliphatic carbocycles. The van der Waals surface area contributed by atoms with Gasteiger partial charge in [-0.2, -0.15) is 0 Å². The van der Waals surface area contributed by atoms with Gasteiger partial charge in [0, 0.05) is 24.4 Å². The molecular formula is C13H19ClN2O5S. The summed E-state index contributed by atoms with van der Waals surface area (Å²) in [6.07, 6.45) is 1.01. The first-order valence-electron chi connectivity index (χ1n) is 6.13. The molecule has 0 heterocycles. The number of ether oxygens (including phenoxy) is 1.